The number of pyridine rings is 1. The molecule has 1 aliphatic carbocycles. The van der Waals surface area contributed by atoms with Crippen LogP contribution in [-0.2, 0) is 13.2 Å². The van der Waals surface area contributed by atoms with E-state index in [2.05, 4.69) is 54.0 Å². The Bertz CT molecular complexity index is 1530. The second-order valence-corrected chi connectivity index (χ2v) is 9.47. The van der Waals surface area contributed by atoms with Gasteiger partial charge in [0, 0.05) is 28.3 Å². The maximum Gasteiger partial charge on any atom is 0.160 e. The molecule has 0 spiro atoms. The number of hydrogen-bond donors (Lipinski definition) is 0. The van der Waals surface area contributed by atoms with Crippen molar-refractivity contribution in [1.82, 2.24) is 14.5 Å². The van der Waals surface area contributed by atoms with E-state index in [1.54, 1.807) is 0 Å². The number of allylic oxidation sites excluding steroid dienone is 1. The molecule has 1 aliphatic heterocycles. The van der Waals surface area contributed by atoms with Crippen molar-refractivity contribution in [3.8, 4) is 11.8 Å². The summed E-state index contributed by atoms with van der Waals surface area (Å²) in [7, 11) is 0. The normalized spacial score (nSPS) is 16.3. The third kappa shape index (κ3) is 3.38. The van der Waals surface area contributed by atoms with Gasteiger partial charge in [-0.2, -0.15) is 5.26 Å². The predicted molar refractivity (Wildman–Crippen MR) is 133 cm³/mol. The van der Waals surface area contributed by atoms with Crippen LogP contribution in [0.25, 0.3) is 16.7 Å². The Labute approximate surface area is 199 Å². The van der Waals surface area contributed by atoms with Gasteiger partial charge in [-0.25, -0.2) is 9.97 Å². The number of benzene rings is 2. The van der Waals surface area contributed by atoms with Gasteiger partial charge >= 0.3 is 0 Å². The van der Waals surface area contributed by atoms with Gasteiger partial charge in [0.25, 0.3) is 0 Å². The first-order valence-electron chi connectivity index (χ1n) is 11.8. The lowest BCUT2D eigenvalue weighted by Crippen LogP contribution is -2.06. The molecule has 5 heteroatoms. The number of fused-ring (bicyclic) bond motifs is 3. The number of hydrogen-bond acceptors (Lipinski definition) is 4. The second-order valence-electron chi connectivity index (χ2n) is 9.47. The Balaban J connectivity index is 1.46. The zero-order valence-electron chi connectivity index (χ0n) is 19.7. The maximum atomic E-state index is 9.72. The van der Waals surface area contributed by atoms with E-state index in [0.717, 1.165) is 56.3 Å². The summed E-state index contributed by atoms with van der Waals surface area (Å²) in [6.45, 7) is 7.21. The fourth-order valence-electron chi connectivity index (χ4n) is 5.05. The highest BCUT2D eigenvalue weighted by Crippen LogP contribution is 2.42. The summed E-state index contributed by atoms with van der Waals surface area (Å²) in [6, 6.07) is 19.0. The summed E-state index contributed by atoms with van der Waals surface area (Å²) < 4.78 is 8.58. The van der Waals surface area contributed by atoms with Crippen LogP contribution in [0.2, 0.25) is 0 Å². The number of rotatable bonds is 3. The molecule has 168 valence electrons. The van der Waals surface area contributed by atoms with E-state index >= 15 is 0 Å². The van der Waals surface area contributed by atoms with Gasteiger partial charge in [0.15, 0.2) is 5.65 Å². The van der Waals surface area contributed by atoms with E-state index in [1.807, 2.05) is 26.0 Å². The van der Waals surface area contributed by atoms with Crippen LogP contribution in [0, 0.1) is 25.2 Å². The lowest BCUT2D eigenvalue weighted by atomic mass is 9.90. The van der Waals surface area contributed by atoms with Gasteiger partial charge in [0.1, 0.15) is 23.7 Å². The van der Waals surface area contributed by atoms with Crippen LogP contribution >= 0.6 is 0 Å². The van der Waals surface area contributed by atoms with Gasteiger partial charge < -0.3 is 9.30 Å². The molecule has 0 saturated heterocycles. The predicted octanol–water partition coefficient (Wildman–Crippen LogP) is 6.21. The van der Waals surface area contributed by atoms with Gasteiger partial charge in [-0.3, -0.25) is 0 Å². The minimum Gasteiger partial charge on any atom is -0.488 e. The van der Waals surface area contributed by atoms with Crippen molar-refractivity contribution in [2.24, 2.45) is 0 Å². The molecule has 4 aromatic rings. The summed E-state index contributed by atoms with van der Waals surface area (Å²) in [5.74, 6) is 2.48. The molecule has 3 heterocycles. The number of nitrogens with zero attached hydrogens (tertiary/aromatic N) is 4. The van der Waals surface area contributed by atoms with Gasteiger partial charge in [-0.1, -0.05) is 36.4 Å². The van der Waals surface area contributed by atoms with Crippen LogP contribution in [0.1, 0.15) is 65.0 Å². The van der Waals surface area contributed by atoms with Gasteiger partial charge in [-0.05, 0) is 68.0 Å². The summed E-state index contributed by atoms with van der Waals surface area (Å²) >= 11 is 0. The average molecular weight is 447 g/mol. The zero-order chi connectivity index (χ0) is 23.4. The van der Waals surface area contributed by atoms with Crippen LogP contribution < -0.4 is 4.74 Å². The van der Waals surface area contributed by atoms with Gasteiger partial charge in [-0.15, -0.1) is 0 Å². The molecular weight excluding hydrogens is 420 g/mol. The van der Waals surface area contributed by atoms with Crippen LogP contribution in [0.4, 0.5) is 0 Å². The quantitative estimate of drug-likeness (QED) is 0.351. The maximum absolute atomic E-state index is 9.72. The first kappa shape index (κ1) is 20.7. The molecule has 2 aromatic carbocycles. The van der Waals surface area contributed by atoms with Gasteiger partial charge in [0.05, 0.1) is 12.6 Å². The molecule has 1 saturated carbocycles. The standard InChI is InChI=1S/C29H26N4O/c1-17-12-19(3)31-29-27(17)32-28(21-9-10-21)33(29)15-20-8-11-24-25(13-20)34-16-22-6-4-5-7-23(22)26(24)18(2)14-30/h4-8,11-13,21H,9-10,15-16H2,1-3H3. The Morgan fingerprint density at radius 1 is 1.09 bits per heavy atom. The van der Waals surface area contributed by atoms with Crippen LogP contribution in [0.3, 0.4) is 0 Å². The monoisotopic (exact) mass is 446 g/mol. The number of nitriles is 1. The Kier molecular flexibility index (Phi) is 4.77. The lowest BCUT2D eigenvalue weighted by molar-refractivity contribution is 0.307. The van der Waals surface area contributed by atoms with E-state index in [1.165, 1.54) is 18.4 Å². The molecule has 0 unspecified atom stereocenters. The fraction of sp³-hybridized carbons (Fsp3) is 0.276. The third-order valence-corrected chi connectivity index (χ3v) is 6.86. The molecule has 2 aromatic heterocycles. The molecule has 0 N–H and O–H groups in total. The van der Waals surface area contributed by atoms with Crippen molar-refractivity contribution < 1.29 is 4.74 Å². The molecule has 0 bridgehead atoms. The first-order valence-corrected chi connectivity index (χ1v) is 11.8. The van der Waals surface area contributed by atoms with Crippen molar-refractivity contribution in [2.45, 2.75) is 52.7 Å². The minimum atomic E-state index is 0.482. The molecule has 1 fully saturated rings. The number of aryl methyl sites for hydroxylation is 2. The Morgan fingerprint density at radius 3 is 2.71 bits per heavy atom. The van der Waals surface area contributed by atoms with Crippen LogP contribution in [0.5, 0.6) is 5.75 Å². The van der Waals surface area contributed by atoms with E-state index < -0.39 is 0 Å². The number of imidazole rings is 1. The van der Waals surface area contributed by atoms with E-state index in [9.17, 15) is 5.26 Å². The molecule has 6 rings (SSSR count). The second kappa shape index (κ2) is 7.85. The highest BCUT2D eigenvalue weighted by atomic mass is 16.5. The largest absolute Gasteiger partial charge is 0.488 e. The summed E-state index contributed by atoms with van der Waals surface area (Å²) in [5.41, 5.74) is 10.1. The lowest BCUT2D eigenvalue weighted by Gasteiger charge is -2.14. The highest BCUT2D eigenvalue weighted by molar-refractivity contribution is 5.88. The van der Waals surface area contributed by atoms with Crippen LogP contribution in [-0.4, -0.2) is 14.5 Å². The van der Waals surface area contributed by atoms with Crippen molar-refractivity contribution in [2.75, 3.05) is 0 Å². The zero-order valence-corrected chi connectivity index (χ0v) is 19.7. The van der Waals surface area contributed by atoms with E-state index in [4.69, 9.17) is 14.7 Å². The average Bonchev–Trinajstić information content (AvgIpc) is 3.63. The molecule has 0 amide bonds. The Morgan fingerprint density at radius 2 is 1.91 bits per heavy atom. The van der Waals surface area contributed by atoms with Crippen molar-refractivity contribution in [1.29, 1.82) is 5.26 Å². The van der Waals surface area contributed by atoms with Crippen LogP contribution in [0.15, 0.2) is 54.1 Å². The minimum absolute atomic E-state index is 0.482. The van der Waals surface area contributed by atoms with E-state index in [0.29, 0.717) is 24.6 Å². The Hall–Kier alpha value is -3.91. The molecule has 2 aliphatic rings. The summed E-state index contributed by atoms with van der Waals surface area (Å²) in [5, 5.41) is 9.72. The number of ether oxygens (including phenoxy) is 1. The summed E-state index contributed by atoms with van der Waals surface area (Å²) in [4.78, 5) is 9.88. The molecule has 5 nitrogen and oxygen atoms in total. The van der Waals surface area contributed by atoms with Crippen molar-refractivity contribution in [3.05, 3.63) is 93.4 Å². The smallest absolute Gasteiger partial charge is 0.160 e. The summed E-state index contributed by atoms with van der Waals surface area (Å²) in [6.07, 6.45) is 2.38. The van der Waals surface area contributed by atoms with E-state index in [-0.39, 0.29) is 0 Å². The highest BCUT2D eigenvalue weighted by Gasteiger charge is 2.31. The molecular formula is C29H26N4O. The molecule has 0 atom stereocenters. The molecule has 0 radical (unpaired) electrons. The van der Waals surface area contributed by atoms with Crippen molar-refractivity contribution in [3.63, 3.8) is 0 Å². The third-order valence-electron chi connectivity index (χ3n) is 6.86. The SMILES string of the molecule is CC(C#N)=C1c2ccccc2COc2cc(Cn3c(C4CC4)nc4c(C)cc(C)nc43)ccc21. The first-order chi connectivity index (χ1) is 16.5. The number of aromatic nitrogens is 3. The fourth-order valence-corrected chi connectivity index (χ4v) is 5.05. The molecule has 34 heavy (non-hydrogen) atoms. The van der Waals surface area contributed by atoms with Crippen molar-refractivity contribution >= 4 is 16.7 Å². The topological polar surface area (TPSA) is 63.7 Å². The van der Waals surface area contributed by atoms with Gasteiger partial charge in [0.2, 0.25) is 0 Å².